The van der Waals surface area contributed by atoms with E-state index in [0.29, 0.717) is 49.9 Å². The Kier molecular flexibility index (Phi) is 4.75. The molecule has 2 aromatic heterocycles. The van der Waals surface area contributed by atoms with E-state index in [2.05, 4.69) is 21.8 Å². The number of hydrogen-bond donors (Lipinski definition) is 1. The molecule has 8 nitrogen and oxygen atoms in total. The Morgan fingerprint density at radius 3 is 2.82 bits per heavy atom. The van der Waals surface area contributed by atoms with Gasteiger partial charge in [0.15, 0.2) is 15.7 Å². The first-order valence-electron chi connectivity index (χ1n) is 9.48. The second-order valence-electron chi connectivity index (χ2n) is 7.67. The van der Waals surface area contributed by atoms with Crippen LogP contribution in [0.2, 0.25) is 0 Å². The summed E-state index contributed by atoms with van der Waals surface area (Å²) >= 11 is 0. The lowest BCUT2D eigenvalue weighted by Gasteiger charge is -2.35. The lowest BCUT2D eigenvalue weighted by molar-refractivity contribution is 0.0985. The molecule has 2 fully saturated rings. The Balaban J connectivity index is 1.88. The smallest absolute Gasteiger partial charge is 0.162 e. The number of nitrogen functional groups attached to an aromatic ring is 1. The number of morpholine rings is 1. The van der Waals surface area contributed by atoms with E-state index >= 15 is 0 Å². The number of ether oxygens (including phenoxy) is 1. The van der Waals surface area contributed by atoms with Crippen molar-refractivity contribution in [3.8, 4) is 11.4 Å². The molecule has 2 atom stereocenters. The highest BCUT2D eigenvalue weighted by Gasteiger charge is 2.46. The van der Waals surface area contributed by atoms with Crippen LogP contribution in [-0.4, -0.2) is 54.9 Å². The van der Waals surface area contributed by atoms with Crippen LogP contribution in [-0.2, 0) is 19.3 Å². The number of nitrogens with zero attached hydrogens (tertiary/aromatic N) is 4. The second kappa shape index (κ2) is 6.97. The van der Waals surface area contributed by atoms with Crippen LogP contribution in [0.25, 0.3) is 11.4 Å². The van der Waals surface area contributed by atoms with Crippen molar-refractivity contribution in [3.63, 3.8) is 0 Å². The van der Waals surface area contributed by atoms with Gasteiger partial charge in [-0.1, -0.05) is 0 Å². The van der Waals surface area contributed by atoms with E-state index < -0.39 is 14.6 Å². The van der Waals surface area contributed by atoms with Gasteiger partial charge in [-0.25, -0.2) is 23.4 Å². The molecule has 2 N–H and O–H groups in total. The summed E-state index contributed by atoms with van der Waals surface area (Å²) in [5.41, 5.74) is 7.10. The normalized spacial score (nSPS) is 27.1. The topological polar surface area (TPSA) is 111 Å². The molecule has 150 valence electrons. The maximum Gasteiger partial charge on any atom is 0.162 e. The minimum Gasteiger partial charge on any atom is -0.384 e. The third-order valence-electron chi connectivity index (χ3n) is 5.71. The molecule has 0 aromatic carbocycles. The zero-order valence-electron chi connectivity index (χ0n) is 16.1. The summed E-state index contributed by atoms with van der Waals surface area (Å²) < 4.78 is 30.2. The predicted molar refractivity (Wildman–Crippen MR) is 108 cm³/mol. The number of aromatic nitrogens is 3. The van der Waals surface area contributed by atoms with E-state index in [0.717, 1.165) is 11.4 Å². The van der Waals surface area contributed by atoms with E-state index in [-0.39, 0.29) is 11.8 Å². The highest BCUT2D eigenvalue weighted by Crippen LogP contribution is 2.41. The summed E-state index contributed by atoms with van der Waals surface area (Å²) in [4.78, 5) is 15.6. The first-order chi connectivity index (χ1) is 13.3. The van der Waals surface area contributed by atoms with Gasteiger partial charge in [0.2, 0.25) is 0 Å². The van der Waals surface area contributed by atoms with Crippen molar-refractivity contribution >= 4 is 21.5 Å². The molecule has 2 aromatic rings. The van der Waals surface area contributed by atoms with E-state index in [1.54, 1.807) is 25.3 Å². The minimum absolute atomic E-state index is 0.139. The molecule has 0 amide bonds. The Morgan fingerprint density at radius 1 is 1.32 bits per heavy atom. The summed E-state index contributed by atoms with van der Waals surface area (Å²) in [6.07, 6.45) is 2.80. The molecule has 0 spiro atoms. The van der Waals surface area contributed by atoms with Crippen LogP contribution in [0.5, 0.6) is 0 Å². The van der Waals surface area contributed by atoms with Crippen LogP contribution in [0.3, 0.4) is 0 Å². The third kappa shape index (κ3) is 3.22. The SMILES string of the molecule is C[C@@H]1COCCN1c1cc([C@]2(C)CCCS2(=O)=O)nc(-c2ccnc(N)c2)n1. The Hall–Kier alpha value is -2.26. The number of anilines is 2. The number of sulfone groups is 1. The molecule has 4 rings (SSSR count). The molecule has 0 bridgehead atoms. The maximum absolute atomic E-state index is 12.8. The zero-order valence-corrected chi connectivity index (χ0v) is 16.9. The number of hydrogen-bond acceptors (Lipinski definition) is 8. The highest BCUT2D eigenvalue weighted by molar-refractivity contribution is 7.92. The number of nitrogens with two attached hydrogens (primary N) is 1. The fourth-order valence-corrected chi connectivity index (χ4v) is 5.76. The quantitative estimate of drug-likeness (QED) is 0.825. The van der Waals surface area contributed by atoms with Crippen molar-refractivity contribution in [2.24, 2.45) is 0 Å². The van der Waals surface area contributed by atoms with Crippen LogP contribution in [0.4, 0.5) is 11.6 Å². The second-order valence-corrected chi connectivity index (χ2v) is 10.2. The summed E-state index contributed by atoms with van der Waals surface area (Å²) in [7, 11) is -3.28. The fourth-order valence-electron chi connectivity index (χ4n) is 3.90. The van der Waals surface area contributed by atoms with Gasteiger partial charge < -0.3 is 15.4 Å². The maximum atomic E-state index is 12.8. The molecule has 2 saturated heterocycles. The molecule has 4 heterocycles. The van der Waals surface area contributed by atoms with E-state index in [9.17, 15) is 8.42 Å². The molecular formula is C19H25N5O3S. The van der Waals surface area contributed by atoms with Gasteiger partial charge in [-0.3, -0.25) is 0 Å². The third-order valence-corrected chi connectivity index (χ3v) is 8.32. The van der Waals surface area contributed by atoms with Gasteiger partial charge in [0.05, 0.1) is 30.7 Å². The van der Waals surface area contributed by atoms with Gasteiger partial charge in [-0.15, -0.1) is 0 Å². The van der Waals surface area contributed by atoms with Crippen molar-refractivity contribution in [2.45, 2.75) is 37.5 Å². The zero-order chi connectivity index (χ0) is 19.9. The van der Waals surface area contributed by atoms with Gasteiger partial charge >= 0.3 is 0 Å². The molecule has 2 aliphatic heterocycles. The van der Waals surface area contributed by atoms with Crippen LogP contribution in [0.1, 0.15) is 32.4 Å². The predicted octanol–water partition coefficient (Wildman–Crippen LogP) is 1.77. The van der Waals surface area contributed by atoms with E-state index in [1.807, 2.05) is 6.07 Å². The van der Waals surface area contributed by atoms with Crippen molar-refractivity contribution in [2.75, 3.05) is 36.1 Å². The van der Waals surface area contributed by atoms with Gasteiger partial charge in [0.1, 0.15) is 16.4 Å². The average molecular weight is 404 g/mol. The largest absolute Gasteiger partial charge is 0.384 e. The lowest BCUT2D eigenvalue weighted by Crippen LogP contribution is -2.44. The molecule has 0 unspecified atom stereocenters. The van der Waals surface area contributed by atoms with Gasteiger partial charge in [0.25, 0.3) is 0 Å². The minimum atomic E-state index is -3.28. The van der Waals surface area contributed by atoms with Crippen molar-refractivity contribution in [3.05, 3.63) is 30.1 Å². The van der Waals surface area contributed by atoms with E-state index in [1.165, 1.54) is 0 Å². The number of pyridine rings is 1. The Labute approximate surface area is 165 Å². The molecular weight excluding hydrogens is 378 g/mol. The summed E-state index contributed by atoms with van der Waals surface area (Å²) in [6.45, 7) is 5.75. The van der Waals surface area contributed by atoms with Crippen molar-refractivity contribution in [1.82, 2.24) is 15.0 Å². The van der Waals surface area contributed by atoms with Crippen LogP contribution in [0.15, 0.2) is 24.4 Å². The first-order valence-corrected chi connectivity index (χ1v) is 11.1. The Morgan fingerprint density at radius 2 is 2.14 bits per heavy atom. The monoisotopic (exact) mass is 403 g/mol. The van der Waals surface area contributed by atoms with Gasteiger partial charge in [-0.05, 0) is 38.8 Å². The number of rotatable bonds is 3. The summed E-state index contributed by atoms with van der Waals surface area (Å²) in [5, 5.41) is 0. The molecule has 2 aliphatic rings. The van der Waals surface area contributed by atoms with Crippen molar-refractivity contribution in [1.29, 1.82) is 0 Å². The van der Waals surface area contributed by atoms with Crippen LogP contribution in [0, 0.1) is 0 Å². The first kappa shape index (κ1) is 19.1. The molecule has 0 saturated carbocycles. The van der Waals surface area contributed by atoms with Crippen LogP contribution < -0.4 is 10.6 Å². The standard InChI is InChI=1S/C19H25N5O3S/c1-13-12-27-8-7-24(13)17-11-15(19(2)5-3-9-28(19,25)26)22-18(23-17)14-4-6-21-16(20)10-14/h4,6,10-11,13H,3,5,7-9,12H2,1-2H3,(H2,20,21)/t13-,19+/m1/s1. The molecule has 0 aliphatic carbocycles. The highest BCUT2D eigenvalue weighted by atomic mass is 32.2. The van der Waals surface area contributed by atoms with Crippen LogP contribution >= 0.6 is 0 Å². The molecule has 28 heavy (non-hydrogen) atoms. The molecule has 0 radical (unpaired) electrons. The summed E-state index contributed by atoms with van der Waals surface area (Å²) in [6, 6.07) is 5.46. The summed E-state index contributed by atoms with van der Waals surface area (Å²) in [5.74, 6) is 1.74. The van der Waals surface area contributed by atoms with Gasteiger partial charge in [0, 0.05) is 24.4 Å². The average Bonchev–Trinajstić information content (AvgIpc) is 2.95. The lowest BCUT2D eigenvalue weighted by atomic mass is 10.0. The van der Waals surface area contributed by atoms with Gasteiger partial charge in [-0.2, -0.15) is 0 Å². The van der Waals surface area contributed by atoms with E-state index in [4.69, 9.17) is 15.5 Å². The fraction of sp³-hybridized carbons (Fsp3) is 0.526. The Bertz CT molecular complexity index is 997. The molecule has 9 heteroatoms. The van der Waals surface area contributed by atoms with Crippen molar-refractivity contribution < 1.29 is 13.2 Å².